The number of amides is 2. The number of anilines is 1. The average molecular weight is 412 g/mol. The Morgan fingerprint density at radius 1 is 1.14 bits per heavy atom. The molecule has 1 aliphatic rings. The zero-order chi connectivity index (χ0) is 19.3. The molecule has 1 fully saturated rings. The fourth-order valence-corrected chi connectivity index (χ4v) is 4.99. The van der Waals surface area contributed by atoms with Crippen molar-refractivity contribution in [3.63, 3.8) is 0 Å². The van der Waals surface area contributed by atoms with E-state index in [2.05, 4.69) is 15.6 Å². The number of aromatic nitrogens is 1. The Bertz CT molecular complexity index is 960. The van der Waals surface area contributed by atoms with Crippen LogP contribution >= 0.6 is 22.7 Å². The molecule has 2 N–H and O–H groups in total. The lowest BCUT2D eigenvalue weighted by Crippen LogP contribution is -2.22. The Morgan fingerprint density at radius 2 is 2.00 bits per heavy atom. The molecule has 4 rings (SSSR count). The lowest BCUT2D eigenvalue weighted by molar-refractivity contribution is -0.119. The molecule has 2 aromatic heterocycles. The summed E-state index contributed by atoms with van der Waals surface area (Å²) in [5.41, 5.74) is 1.72. The summed E-state index contributed by atoms with van der Waals surface area (Å²) in [5, 5.41) is 8.79. The monoisotopic (exact) mass is 411 g/mol. The Balaban J connectivity index is 1.34. The third kappa shape index (κ3) is 4.48. The van der Waals surface area contributed by atoms with Gasteiger partial charge in [0, 0.05) is 18.2 Å². The second kappa shape index (κ2) is 8.67. The van der Waals surface area contributed by atoms with Crippen LogP contribution in [0.1, 0.15) is 40.9 Å². The molecule has 0 atom stereocenters. The van der Waals surface area contributed by atoms with Crippen LogP contribution in [0.3, 0.4) is 0 Å². The maximum Gasteiger partial charge on any atom is 0.263 e. The van der Waals surface area contributed by atoms with Gasteiger partial charge in [-0.25, -0.2) is 4.98 Å². The summed E-state index contributed by atoms with van der Waals surface area (Å²) in [4.78, 5) is 30.7. The van der Waals surface area contributed by atoms with Gasteiger partial charge in [-0.3, -0.25) is 9.59 Å². The van der Waals surface area contributed by atoms with Crippen LogP contribution < -0.4 is 10.6 Å². The molecule has 2 heterocycles. The van der Waals surface area contributed by atoms with E-state index in [1.807, 2.05) is 41.8 Å². The van der Waals surface area contributed by atoms with Gasteiger partial charge in [0.05, 0.1) is 11.1 Å². The van der Waals surface area contributed by atoms with Crippen LogP contribution in [0.25, 0.3) is 9.88 Å². The van der Waals surface area contributed by atoms with Crippen LogP contribution in [-0.4, -0.2) is 16.8 Å². The van der Waals surface area contributed by atoms with Gasteiger partial charge >= 0.3 is 0 Å². The molecule has 3 aromatic rings. The molecule has 144 valence electrons. The predicted octanol–water partition coefficient (Wildman–Crippen LogP) is 4.93. The first-order chi connectivity index (χ1) is 13.7. The molecular formula is C21H21N3O2S2. The summed E-state index contributed by atoms with van der Waals surface area (Å²) < 4.78 is 0. The summed E-state index contributed by atoms with van der Waals surface area (Å²) in [6.45, 7) is 0.401. The molecule has 1 aromatic carbocycles. The molecule has 0 aliphatic heterocycles. The number of carbonyl (C=O) groups is 2. The number of carbonyl (C=O) groups excluding carboxylic acids is 2. The molecule has 1 saturated carbocycles. The smallest absolute Gasteiger partial charge is 0.263 e. The molecule has 0 radical (unpaired) electrons. The maximum absolute atomic E-state index is 12.4. The molecule has 0 unspecified atom stereocenters. The van der Waals surface area contributed by atoms with Crippen LogP contribution in [-0.2, 0) is 11.3 Å². The van der Waals surface area contributed by atoms with E-state index in [4.69, 9.17) is 0 Å². The highest BCUT2D eigenvalue weighted by atomic mass is 32.1. The number of nitrogens with zero attached hydrogens (tertiary/aromatic N) is 1. The fraction of sp³-hybridized carbons (Fsp3) is 0.286. The van der Waals surface area contributed by atoms with E-state index in [1.165, 1.54) is 11.3 Å². The number of hydrogen-bond donors (Lipinski definition) is 2. The minimum absolute atomic E-state index is 0.101. The summed E-state index contributed by atoms with van der Waals surface area (Å²) in [6, 6.07) is 11.6. The van der Waals surface area contributed by atoms with Gasteiger partial charge in [-0.2, -0.15) is 0 Å². The second-order valence-electron chi connectivity index (χ2n) is 6.86. The molecule has 0 saturated heterocycles. The minimum Gasteiger partial charge on any atom is -0.347 e. The lowest BCUT2D eigenvalue weighted by Gasteiger charge is -2.11. The lowest BCUT2D eigenvalue weighted by atomic mass is 10.1. The maximum atomic E-state index is 12.4. The van der Waals surface area contributed by atoms with Crippen LogP contribution in [0.4, 0.5) is 5.69 Å². The van der Waals surface area contributed by atoms with Crippen LogP contribution in [0.5, 0.6) is 0 Å². The molecule has 7 heteroatoms. The quantitative estimate of drug-likeness (QED) is 0.604. The number of rotatable bonds is 6. The Hall–Kier alpha value is -2.51. The van der Waals surface area contributed by atoms with Crippen LogP contribution in [0.2, 0.25) is 0 Å². The third-order valence-corrected chi connectivity index (χ3v) is 6.87. The van der Waals surface area contributed by atoms with Crippen LogP contribution in [0.15, 0.2) is 48.0 Å². The number of thiophene rings is 1. The van der Waals surface area contributed by atoms with E-state index >= 15 is 0 Å². The number of thiazole rings is 1. The highest BCUT2D eigenvalue weighted by molar-refractivity contribution is 7.21. The topological polar surface area (TPSA) is 71.1 Å². The van der Waals surface area contributed by atoms with Crippen molar-refractivity contribution < 1.29 is 9.59 Å². The van der Waals surface area contributed by atoms with E-state index in [1.54, 1.807) is 17.5 Å². The highest BCUT2D eigenvalue weighted by Crippen LogP contribution is 2.29. The Morgan fingerprint density at radius 3 is 2.79 bits per heavy atom. The van der Waals surface area contributed by atoms with Gasteiger partial charge in [0.15, 0.2) is 0 Å². The Kier molecular flexibility index (Phi) is 5.83. The summed E-state index contributed by atoms with van der Waals surface area (Å²) >= 11 is 3.00. The van der Waals surface area contributed by atoms with E-state index < -0.39 is 0 Å². The average Bonchev–Trinajstić information content (AvgIpc) is 3.48. The molecule has 1 aliphatic carbocycles. The van der Waals surface area contributed by atoms with Crippen molar-refractivity contribution in [2.45, 2.75) is 32.2 Å². The van der Waals surface area contributed by atoms with E-state index in [9.17, 15) is 9.59 Å². The van der Waals surface area contributed by atoms with E-state index in [-0.39, 0.29) is 17.7 Å². The summed E-state index contributed by atoms with van der Waals surface area (Å²) in [6.07, 6.45) is 5.84. The van der Waals surface area contributed by atoms with Gasteiger partial charge < -0.3 is 10.6 Å². The zero-order valence-corrected chi connectivity index (χ0v) is 16.9. The highest BCUT2D eigenvalue weighted by Gasteiger charge is 2.22. The number of hydrogen-bond acceptors (Lipinski definition) is 5. The molecule has 28 heavy (non-hydrogen) atoms. The standard InChI is InChI=1S/C21H21N3O2S2/c25-19(15-6-1-2-7-15)24-16-8-3-5-14(11-16)12-22-20(26)18-13-23-21(28-18)17-9-4-10-27-17/h3-5,8-11,13,15H,1-2,6-7,12H2,(H,22,26)(H,24,25). The minimum atomic E-state index is -0.138. The molecular weight excluding hydrogens is 390 g/mol. The van der Waals surface area contributed by atoms with Gasteiger partial charge in [-0.05, 0) is 42.0 Å². The zero-order valence-electron chi connectivity index (χ0n) is 15.3. The van der Waals surface area contributed by atoms with Gasteiger partial charge in [0.1, 0.15) is 9.88 Å². The van der Waals surface area contributed by atoms with Crippen molar-refractivity contribution in [3.8, 4) is 9.88 Å². The van der Waals surface area contributed by atoms with Crippen molar-refractivity contribution >= 4 is 40.2 Å². The molecule has 5 nitrogen and oxygen atoms in total. The first-order valence-corrected chi connectivity index (χ1v) is 11.1. The fourth-order valence-electron chi connectivity index (χ4n) is 3.35. The molecule has 2 amide bonds. The number of nitrogens with one attached hydrogen (secondary N) is 2. The van der Waals surface area contributed by atoms with Crippen molar-refractivity contribution in [1.82, 2.24) is 10.3 Å². The largest absolute Gasteiger partial charge is 0.347 e. The molecule has 0 spiro atoms. The van der Waals surface area contributed by atoms with Crippen molar-refractivity contribution in [2.75, 3.05) is 5.32 Å². The van der Waals surface area contributed by atoms with E-state index in [0.29, 0.717) is 11.4 Å². The van der Waals surface area contributed by atoms with Crippen molar-refractivity contribution in [1.29, 1.82) is 0 Å². The van der Waals surface area contributed by atoms with Gasteiger partial charge in [0.25, 0.3) is 5.91 Å². The second-order valence-corrected chi connectivity index (χ2v) is 8.84. The first kappa shape index (κ1) is 18.8. The SMILES string of the molecule is O=C(NCc1cccc(NC(=O)C2CCCC2)c1)c1cnc(-c2cccs2)s1. The van der Waals surface area contributed by atoms with Crippen molar-refractivity contribution in [3.05, 3.63) is 58.4 Å². The van der Waals surface area contributed by atoms with Gasteiger partial charge in [-0.1, -0.05) is 31.0 Å². The Labute approximate surface area is 171 Å². The van der Waals surface area contributed by atoms with Gasteiger partial charge in [0.2, 0.25) is 5.91 Å². The van der Waals surface area contributed by atoms with Crippen molar-refractivity contribution in [2.24, 2.45) is 5.92 Å². The number of benzene rings is 1. The van der Waals surface area contributed by atoms with E-state index in [0.717, 1.165) is 46.8 Å². The van der Waals surface area contributed by atoms with Crippen LogP contribution in [0, 0.1) is 5.92 Å². The molecule has 0 bridgehead atoms. The summed E-state index contributed by atoms with van der Waals surface area (Å²) in [5.74, 6) is 0.0948. The van der Waals surface area contributed by atoms with Gasteiger partial charge in [-0.15, -0.1) is 22.7 Å². The third-order valence-electron chi connectivity index (χ3n) is 4.83. The normalized spacial score (nSPS) is 14.1. The summed E-state index contributed by atoms with van der Waals surface area (Å²) in [7, 11) is 0. The predicted molar refractivity (Wildman–Crippen MR) is 114 cm³/mol. The first-order valence-electron chi connectivity index (χ1n) is 9.37.